The van der Waals surface area contributed by atoms with E-state index in [1.807, 2.05) is 55.4 Å². The maximum absolute atomic E-state index is 8.07. The molecule has 12 N–H and O–H groups in total. The second-order valence-corrected chi connectivity index (χ2v) is 10.1. The van der Waals surface area contributed by atoms with Gasteiger partial charge in [0, 0.05) is 166 Å². The zero-order valence-electron chi connectivity index (χ0n) is 39.2. The van der Waals surface area contributed by atoms with Gasteiger partial charge in [0.15, 0.2) is 0 Å². The Morgan fingerprint density at radius 3 is 0.232 bits per heavy atom. The van der Waals surface area contributed by atoms with Crippen LogP contribution in [0.15, 0.2) is 0 Å². The summed E-state index contributed by atoms with van der Waals surface area (Å²) in [6.45, 7) is 27.6. The van der Waals surface area contributed by atoms with E-state index in [4.69, 9.17) is 61.3 Å². The van der Waals surface area contributed by atoms with Crippen LogP contribution in [0.25, 0.3) is 0 Å². The summed E-state index contributed by atoms with van der Waals surface area (Å²) in [4.78, 5) is 0. The van der Waals surface area contributed by atoms with Gasteiger partial charge in [0.25, 0.3) is 0 Å². The molecule has 0 heterocycles. The van der Waals surface area contributed by atoms with Crippen molar-refractivity contribution in [3.63, 3.8) is 0 Å². The molecule has 0 saturated carbocycles. The van der Waals surface area contributed by atoms with Crippen LogP contribution in [-0.2, 0) is 86.9 Å². The first-order valence-corrected chi connectivity index (χ1v) is 20.3. The number of unbranched alkanes of at least 4 members (excludes halogenated alkanes) is 4. The van der Waals surface area contributed by atoms with Gasteiger partial charge in [0.1, 0.15) is 0 Å². The Morgan fingerprint density at radius 1 is 0.161 bits per heavy atom. The second-order valence-electron chi connectivity index (χ2n) is 10.1. The molecular weight excluding hydrogens is 864 g/mol. The van der Waals surface area contributed by atoms with E-state index in [0.29, 0.717) is 79.3 Å². The van der Waals surface area contributed by atoms with Crippen molar-refractivity contribution in [1.82, 2.24) is 0 Å². The molecule has 0 amide bonds. The maximum atomic E-state index is 8.07. The van der Waals surface area contributed by atoms with Crippen molar-refractivity contribution >= 4 is 0 Å². The van der Waals surface area contributed by atoms with E-state index < -0.39 is 0 Å². The number of aliphatic hydroxyl groups is 12. The third-order valence-corrected chi connectivity index (χ3v) is 3.84. The van der Waals surface area contributed by atoms with Gasteiger partial charge in [0.2, 0.25) is 0 Å². The van der Waals surface area contributed by atoms with E-state index in [1.165, 1.54) is 0 Å². The number of aliphatic hydroxyl groups excluding tert-OH is 12. The molecular formula is C40H104O12Ti4. The molecule has 0 unspecified atom stereocenters. The van der Waals surface area contributed by atoms with E-state index >= 15 is 0 Å². The summed E-state index contributed by atoms with van der Waals surface area (Å²) in [5, 5.41) is 95.3. The fourth-order valence-electron chi connectivity index (χ4n) is 0.632. The zero-order valence-corrected chi connectivity index (χ0v) is 45.4. The molecule has 0 bridgehead atoms. The largest absolute Gasteiger partial charge is 0.396 e. The molecule has 0 aliphatic carbocycles. The van der Waals surface area contributed by atoms with Crippen molar-refractivity contribution in [2.45, 2.75) is 186 Å². The van der Waals surface area contributed by atoms with Crippen molar-refractivity contribution in [2.75, 3.05) is 79.3 Å². The molecule has 12 nitrogen and oxygen atoms in total. The molecule has 0 fully saturated rings. The van der Waals surface area contributed by atoms with Gasteiger partial charge >= 0.3 is 0 Å². The zero-order chi connectivity index (χ0) is 43.8. The van der Waals surface area contributed by atoms with Crippen molar-refractivity contribution < 1.29 is 148 Å². The van der Waals surface area contributed by atoms with Crippen LogP contribution in [0.5, 0.6) is 0 Å². The first-order valence-electron chi connectivity index (χ1n) is 20.3. The summed E-state index contributed by atoms with van der Waals surface area (Å²) < 4.78 is 0. The van der Waals surface area contributed by atoms with Crippen LogP contribution in [0, 0.1) is 0 Å². The Kier molecular flexibility index (Phi) is 378. The number of hydrogen-bond acceptors (Lipinski definition) is 12. The molecule has 56 heavy (non-hydrogen) atoms. The third kappa shape index (κ3) is 512. The summed E-state index contributed by atoms with van der Waals surface area (Å²) in [5.41, 5.74) is 0. The normalized spacial score (nSPS) is 7.29. The molecule has 0 atom stereocenters. The van der Waals surface area contributed by atoms with Crippen LogP contribution < -0.4 is 0 Å². The monoisotopic (exact) mass is 969 g/mol. The summed E-state index contributed by atoms with van der Waals surface area (Å²) in [7, 11) is 0. The molecule has 0 aliphatic heterocycles. The summed E-state index contributed by atoms with van der Waals surface area (Å²) in [6.07, 6.45) is 15.2. The average Bonchev–Trinajstić information content (AvgIpc) is 3.20. The molecule has 0 aromatic carbocycles. The van der Waals surface area contributed by atoms with Gasteiger partial charge in [-0.2, -0.15) is 0 Å². The Bertz CT molecular complexity index is 235. The van der Waals surface area contributed by atoms with E-state index in [9.17, 15) is 0 Å². The van der Waals surface area contributed by atoms with Gasteiger partial charge in [-0.05, 0) is 77.0 Å². The van der Waals surface area contributed by atoms with Gasteiger partial charge in [0.05, 0.1) is 0 Å². The summed E-state index contributed by atoms with van der Waals surface area (Å²) in [5.74, 6) is 0. The molecule has 0 radical (unpaired) electrons. The minimum absolute atomic E-state index is 0. The van der Waals surface area contributed by atoms with Gasteiger partial charge in [-0.1, -0.05) is 109 Å². The SMILES string of the molecule is CCCCO.CCCCO.CCCCO.CCCCO.CCCO.CCCO.CCCO.CCCO.CCCO.CCCO.CCCO.CCCO.[Ti].[Ti].[Ti].[Ti]. The summed E-state index contributed by atoms with van der Waals surface area (Å²) in [6, 6.07) is 0. The fourth-order valence-corrected chi connectivity index (χ4v) is 0.632. The van der Waals surface area contributed by atoms with Crippen LogP contribution >= 0.6 is 0 Å². The molecule has 0 saturated heterocycles. The van der Waals surface area contributed by atoms with E-state index in [-0.39, 0.29) is 86.9 Å². The molecule has 352 valence electrons. The van der Waals surface area contributed by atoms with E-state index in [1.54, 1.807) is 0 Å². The van der Waals surface area contributed by atoms with Crippen molar-refractivity contribution in [2.24, 2.45) is 0 Å². The van der Waals surface area contributed by atoms with Gasteiger partial charge in [-0.3, -0.25) is 0 Å². The summed E-state index contributed by atoms with van der Waals surface area (Å²) >= 11 is 0. The molecule has 0 rings (SSSR count). The molecule has 0 aliphatic rings. The number of hydrogen-bond donors (Lipinski definition) is 12. The van der Waals surface area contributed by atoms with E-state index in [2.05, 4.69) is 27.7 Å². The van der Waals surface area contributed by atoms with E-state index in [0.717, 1.165) is 103 Å². The Morgan fingerprint density at radius 2 is 0.232 bits per heavy atom. The molecule has 0 aromatic rings. The Labute approximate surface area is 410 Å². The third-order valence-electron chi connectivity index (χ3n) is 3.84. The fraction of sp³-hybridized carbons (Fsp3) is 1.00. The van der Waals surface area contributed by atoms with Crippen molar-refractivity contribution in [3.05, 3.63) is 0 Å². The predicted octanol–water partition coefficient (Wildman–Crippen LogP) is 6.21. The maximum Gasteiger partial charge on any atom is 0.0430 e. The standard InChI is InChI=1S/4C4H10O.8C3H8O.4Ti/c4*1-2-3-4-5;8*1-2-3-4;;;;/h4*5H,2-4H2,1H3;8*4H,2-3H2,1H3;;;;. The Hall–Kier alpha value is 2.38. The van der Waals surface area contributed by atoms with Crippen LogP contribution in [0.1, 0.15) is 186 Å². The van der Waals surface area contributed by atoms with Gasteiger partial charge < -0.3 is 61.3 Å². The smallest absolute Gasteiger partial charge is 0.0430 e. The first-order chi connectivity index (χ1) is 25.0. The average molecular weight is 969 g/mol. The predicted molar refractivity (Wildman–Crippen MR) is 227 cm³/mol. The van der Waals surface area contributed by atoms with Crippen molar-refractivity contribution in [3.8, 4) is 0 Å². The van der Waals surface area contributed by atoms with Crippen molar-refractivity contribution in [1.29, 1.82) is 0 Å². The number of rotatable bonds is 16. The molecule has 16 heteroatoms. The first kappa shape index (κ1) is 107. The second kappa shape index (κ2) is 198. The minimum Gasteiger partial charge on any atom is -0.396 e. The quantitative estimate of drug-likeness (QED) is 0.0773. The van der Waals surface area contributed by atoms with Crippen LogP contribution in [0.2, 0.25) is 0 Å². The van der Waals surface area contributed by atoms with Crippen LogP contribution in [-0.4, -0.2) is 141 Å². The molecule has 0 aromatic heterocycles. The molecule has 0 spiro atoms. The topological polar surface area (TPSA) is 243 Å². The Balaban J connectivity index is -0.0000000222. The van der Waals surface area contributed by atoms with Crippen LogP contribution in [0.4, 0.5) is 0 Å². The van der Waals surface area contributed by atoms with Gasteiger partial charge in [-0.15, -0.1) is 0 Å². The van der Waals surface area contributed by atoms with Gasteiger partial charge in [-0.25, -0.2) is 0 Å². The minimum atomic E-state index is 0. The van der Waals surface area contributed by atoms with Crippen LogP contribution in [0.3, 0.4) is 0 Å².